The number of alkyl halides is 1. The van der Waals surface area contributed by atoms with E-state index < -0.39 is 0 Å². The molecule has 3 rings (SSSR count). The average Bonchev–Trinajstić information content (AvgIpc) is 3.06. The minimum atomic E-state index is 0.345. The molecule has 0 saturated heterocycles. The van der Waals surface area contributed by atoms with Crippen LogP contribution >= 0.6 is 11.6 Å². The van der Waals surface area contributed by atoms with Crippen molar-refractivity contribution in [1.29, 1.82) is 0 Å². The number of aromatic nitrogens is 2. The normalized spacial score (nSPS) is 11.5. The summed E-state index contributed by atoms with van der Waals surface area (Å²) >= 11 is 6.15. The Hall–Kier alpha value is -3.12. The summed E-state index contributed by atoms with van der Waals surface area (Å²) in [4.78, 5) is 4.14. The molecule has 30 heavy (non-hydrogen) atoms. The van der Waals surface area contributed by atoms with E-state index in [4.69, 9.17) is 11.6 Å². The van der Waals surface area contributed by atoms with E-state index in [0.29, 0.717) is 5.88 Å². The molecule has 0 radical (unpaired) electrons. The van der Waals surface area contributed by atoms with Crippen LogP contribution in [-0.2, 0) is 5.88 Å². The second kappa shape index (κ2) is 9.59. The number of hydrogen-bond donors (Lipinski definition) is 0. The molecule has 2 aromatic carbocycles. The smallest absolute Gasteiger partial charge is 0.304 e. The molecule has 0 aliphatic heterocycles. The molecule has 0 amide bonds. The maximum absolute atomic E-state index is 6.15. The standard InChI is InChI=1S/C23H28ClN6/c1-18-29(25-15-19-6-10-21(11-7-19)27(2)3)17-23(14-24)30(18)26-16-20-8-12-22(13-9-20)28(4)5/h6-13,15-17H,14H2,1-5H3/q+1. The molecule has 0 bridgehead atoms. The second-order valence-electron chi connectivity index (χ2n) is 7.42. The number of nitrogens with zero attached hydrogens (tertiary/aromatic N) is 6. The number of hydrogen-bond acceptors (Lipinski definition) is 4. The zero-order valence-corrected chi connectivity index (χ0v) is 18.9. The fourth-order valence-electron chi connectivity index (χ4n) is 2.93. The van der Waals surface area contributed by atoms with Gasteiger partial charge in [0.05, 0.1) is 18.3 Å². The Bertz CT molecular complexity index is 1030. The van der Waals surface area contributed by atoms with Crippen LogP contribution in [-0.4, -0.2) is 45.3 Å². The SMILES string of the molecule is Cc1n(N=Cc2ccc(N(C)C)cc2)c(CCl)c[n+]1N=Cc1ccc(N(C)C)cc1. The lowest BCUT2D eigenvalue weighted by molar-refractivity contribution is -0.684. The highest BCUT2D eigenvalue weighted by Crippen LogP contribution is 2.13. The molecule has 0 unspecified atom stereocenters. The number of imidazole rings is 1. The Labute approximate surface area is 183 Å². The third-order valence-corrected chi connectivity index (χ3v) is 5.06. The van der Waals surface area contributed by atoms with Crippen LogP contribution in [0.5, 0.6) is 0 Å². The van der Waals surface area contributed by atoms with Crippen molar-refractivity contribution in [2.24, 2.45) is 10.2 Å². The highest BCUT2D eigenvalue weighted by molar-refractivity contribution is 6.16. The summed E-state index contributed by atoms with van der Waals surface area (Å²) in [6, 6.07) is 16.5. The molecule has 0 fully saturated rings. The van der Waals surface area contributed by atoms with Crippen molar-refractivity contribution < 1.29 is 4.68 Å². The van der Waals surface area contributed by atoms with Gasteiger partial charge in [0.1, 0.15) is 0 Å². The monoisotopic (exact) mass is 423 g/mol. The molecule has 0 spiro atoms. The molecule has 7 heteroatoms. The molecule has 0 N–H and O–H groups in total. The summed E-state index contributed by atoms with van der Waals surface area (Å²) < 4.78 is 3.61. The van der Waals surface area contributed by atoms with Crippen LogP contribution in [0.2, 0.25) is 0 Å². The van der Waals surface area contributed by atoms with Crippen LogP contribution in [0, 0.1) is 6.92 Å². The molecule has 0 atom stereocenters. The first-order chi connectivity index (χ1) is 14.4. The van der Waals surface area contributed by atoms with Gasteiger partial charge in [-0.05, 0) is 35.4 Å². The van der Waals surface area contributed by atoms with Gasteiger partial charge >= 0.3 is 5.82 Å². The van der Waals surface area contributed by atoms with Crippen LogP contribution in [0.1, 0.15) is 22.6 Å². The lowest BCUT2D eigenvalue weighted by atomic mass is 10.2. The van der Waals surface area contributed by atoms with Crippen molar-refractivity contribution in [1.82, 2.24) is 4.68 Å². The van der Waals surface area contributed by atoms with E-state index >= 15 is 0 Å². The van der Waals surface area contributed by atoms with E-state index in [-0.39, 0.29) is 0 Å². The van der Waals surface area contributed by atoms with Gasteiger partial charge in [0.2, 0.25) is 0 Å². The summed E-state index contributed by atoms with van der Waals surface area (Å²) in [5, 5.41) is 9.21. The lowest BCUT2D eigenvalue weighted by Gasteiger charge is -2.11. The molecule has 3 aromatic rings. The Kier molecular flexibility index (Phi) is 6.90. The molecule has 1 heterocycles. The van der Waals surface area contributed by atoms with Gasteiger partial charge in [0.25, 0.3) is 0 Å². The van der Waals surface area contributed by atoms with Crippen LogP contribution in [0.4, 0.5) is 11.4 Å². The summed E-state index contributed by atoms with van der Waals surface area (Å²) in [5.74, 6) is 1.21. The van der Waals surface area contributed by atoms with Crippen molar-refractivity contribution in [3.05, 3.63) is 77.4 Å². The predicted octanol–water partition coefficient (Wildman–Crippen LogP) is 3.72. The Morgan fingerprint density at radius 2 is 1.37 bits per heavy atom. The minimum Gasteiger partial charge on any atom is -0.378 e. The number of anilines is 2. The molecule has 1 aromatic heterocycles. The van der Waals surface area contributed by atoms with Gasteiger partial charge < -0.3 is 9.80 Å². The Morgan fingerprint density at radius 1 is 0.867 bits per heavy atom. The van der Waals surface area contributed by atoms with Crippen molar-refractivity contribution in [3.8, 4) is 0 Å². The van der Waals surface area contributed by atoms with E-state index in [9.17, 15) is 0 Å². The van der Waals surface area contributed by atoms with Crippen molar-refractivity contribution in [2.75, 3.05) is 38.0 Å². The third-order valence-electron chi connectivity index (χ3n) is 4.79. The first-order valence-electron chi connectivity index (χ1n) is 9.71. The first-order valence-corrected chi connectivity index (χ1v) is 10.2. The summed E-state index contributed by atoms with van der Waals surface area (Å²) in [5.41, 5.74) is 5.22. The fraction of sp³-hybridized carbons (Fsp3) is 0.261. The summed E-state index contributed by atoms with van der Waals surface area (Å²) in [6.45, 7) is 1.97. The number of benzene rings is 2. The van der Waals surface area contributed by atoms with Crippen LogP contribution < -0.4 is 14.5 Å². The summed E-state index contributed by atoms with van der Waals surface area (Å²) in [6.07, 6.45) is 5.56. The van der Waals surface area contributed by atoms with Gasteiger partial charge in [0, 0.05) is 46.5 Å². The van der Waals surface area contributed by atoms with Crippen molar-refractivity contribution in [3.63, 3.8) is 0 Å². The molecule has 0 aliphatic rings. The first kappa shape index (κ1) is 21.6. The van der Waals surface area contributed by atoms with Gasteiger partial charge in [-0.2, -0.15) is 0 Å². The highest BCUT2D eigenvalue weighted by Gasteiger charge is 2.19. The van der Waals surface area contributed by atoms with Gasteiger partial charge in [-0.25, -0.2) is 0 Å². The van der Waals surface area contributed by atoms with E-state index in [1.54, 1.807) is 4.68 Å². The van der Waals surface area contributed by atoms with E-state index in [1.807, 2.05) is 82.7 Å². The lowest BCUT2D eigenvalue weighted by Crippen LogP contribution is -2.29. The van der Waals surface area contributed by atoms with Gasteiger partial charge in [-0.1, -0.05) is 39.1 Å². The average molecular weight is 424 g/mol. The van der Waals surface area contributed by atoms with Gasteiger partial charge in [-0.15, -0.1) is 16.3 Å². The van der Waals surface area contributed by atoms with Gasteiger partial charge in [0.15, 0.2) is 11.9 Å². The molecule has 156 valence electrons. The number of halogens is 1. The van der Waals surface area contributed by atoms with Crippen LogP contribution in [0.15, 0.2) is 64.9 Å². The minimum absolute atomic E-state index is 0.345. The zero-order valence-electron chi connectivity index (χ0n) is 18.1. The molecule has 6 nitrogen and oxygen atoms in total. The van der Waals surface area contributed by atoms with Crippen molar-refractivity contribution in [2.45, 2.75) is 12.8 Å². The second-order valence-corrected chi connectivity index (χ2v) is 7.69. The Balaban J connectivity index is 1.81. The molecular weight excluding hydrogens is 396 g/mol. The van der Waals surface area contributed by atoms with E-state index in [0.717, 1.165) is 34.0 Å². The predicted molar refractivity (Wildman–Crippen MR) is 126 cm³/mol. The quantitative estimate of drug-likeness (QED) is 0.330. The third kappa shape index (κ3) is 5.07. The summed E-state index contributed by atoms with van der Waals surface area (Å²) in [7, 11) is 8.09. The van der Waals surface area contributed by atoms with E-state index in [1.165, 1.54) is 0 Å². The Morgan fingerprint density at radius 3 is 1.83 bits per heavy atom. The van der Waals surface area contributed by atoms with Crippen LogP contribution in [0.3, 0.4) is 0 Å². The van der Waals surface area contributed by atoms with E-state index in [2.05, 4.69) is 44.3 Å². The zero-order chi connectivity index (χ0) is 21.7. The fourth-order valence-corrected chi connectivity index (χ4v) is 3.11. The van der Waals surface area contributed by atoms with Crippen LogP contribution in [0.25, 0.3) is 0 Å². The highest BCUT2D eigenvalue weighted by atomic mass is 35.5. The van der Waals surface area contributed by atoms with Gasteiger partial charge in [-0.3, -0.25) is 0 Å². The number of rotatable bonds is 7. The molecule has 0 saturated carbocycles. The van der Waals surface area contributed by atoms with Crippen molar-refractivity contribution >= 4 is 35.4 Å². The topological polar surface area (TPSA) is 40.0 Å². The molecule has 0 aliphatic carbocycles. The largest absolute Gasteiger partial charge is 0.378 e. The maximum Gasteiger partial charge on any atom is 0.304 e. The maximum atomic E-state index is 6.15. The molecular formula is C23H28ClN6+.